The second-order valence-electron chi connectivity index (χ2n) is 3.11. The lowest BCUT2D eigenvalue weighted by Crippen LogP contribution is -1.97. The molecule has 0 N–H and O–H groups in total. The number of ether oxygens (including phenoxy) is 2. The summed E-state index contributed by atoms with van der Waals surface area (Å²) in [6.07, 6.45) is 2.07. The summed E-state index contributed by atoms with van der Waals surface area (Å²) in [6, 6.07) is 8.13. The summed E-state index contributed by atoms with van der Waals surface area (Å²) < 4.78 is 10.5. The number of benzene rings is 1. The van der Waals surface area contributed by atoms with Gasteiger partial charge in [0, 0.05) is 13.2 Å². The highest BCUT2D eigenvalue weighted by Crippen LogP contribution is 2.18. The van der Waals surface area contributed by atoms with Crippen molar-refractivity contribution in [3.63, 3.8) is 0 Å². The number of methoxy groups -OCH3 is 1. The summed E-state index contributed by atoms with van der Waals surface area (Å²) in [5, 5.41) is 0. The normalized spacial score (nSPS) is 10.1. The van der Waals surface area contributed by atoms with Gasteiger partial charge in [0.15, 0.2) is 0 Å². The van der Waals surface area contributed by atoms with Gasteiger partial charge in [-0.3, -0.25) is 0 Å². The molecule has 0 spiro atoms. The van der Waals surface area contributed by atoms with Crippen molar-refractivity contribution in [2.24, 2.45) is 0 Å². The molecule has 0 atom stereocenters. The molecule has 2 heteroatoms. The zero-order chi connectivity index (χ0) is 10.2. The largest absolute Gasteiger partial charge is 0.496 e. The van der Waals surface area contributed by atoms with E-state index in [0.29, 0.717) is 0 Å². The van der Waals surface area contributed by atoms with Crippen LogP contribution in [0.15, 0.2) is 24.3 Å². The molecular formula is C12H18O2. The van der Waals surface area contributed by atoms with Crippen molar-refractivity contribution in [3.05, 3.63) is 29.8 Å². The highest BCUT2D eigenvalue weighted by atomic mass is 16.5. The average Bonchev–Trinajstić information content (AvgIpc) is 2.25. The summed E-state index contributed by atoms with van der Waals surface area (Å²) in [6.45, 7) is 3.64. The van der Waals surface area contributed by atoms with Crippen LogP contribution in [-0.2, 0) is 11.2 Å². The predicted molar refractivity (Wildman–Crippen MR) is 57.8 cm³/mol. The number of rotatable bonds is 6. The summed E-state index contributed by atoms with van der Waals surface area (Å²) in [4.78, 5) is 0. The molecule has 0 fully saturated rings. The molecule has 0 bridgehead atoms. The number of para-hydroxylation sites is 1. The molecule has 1 rings (SSSR count). The maximum atomic E-state index is 5.29. The van der Waals surface area contributed by atoms with Gasteiger partial charge in [0.25, 0.3) is 0 Å². The first-order valence-electron chi connectivity index (χ1n) is 5.08. The number of hydrogen-bond acceptors (Lipinski definition) is 2. The molecule has 0 radical (unpaired) electrons. The van der Waals surface area contributed by atoms with Gasteiger partial charge in [-0.25, -0.2) is 0 Å². The van der Waals surface area contributed by atoms with Crippen LogP contribution in [0, 0.1) is 0 Å². The van der Waals surface area contributed by atoms with Gasteiger partial charge < -0.3 is 9.47 Å². The Morgan fingerprint density at radius 2 is 2.00 bits per heavy atom. The van der Waals surface area contributed by atoms with Crippen LogP contribution in [0.2, 0.25) is 0 Å². The standard InChI is InChI=1S/C12H18O2/c1-3-14-10-6-8-11-7-4-5-9-12(11)13-2/h4-5,7,9H,3,6,8,10H2,1-2H3. The van der Waals surface area contributed by atoms with Gasteiger partial charge in [-0.1, -0.05) is 18.2 Å². The van der Waals surface area contributed by atoms with Gasteiger partial charge in [0.05, 0.1) is 7.11 Å². The fourth-order valence-corrected chi connectivity index (χ4v) is 1.42. The Morgan fingerprint density at radius 3 is 2.71 bits per heavy atom. The molecule has 1 aromatic rings. The van der Waals surface area contributed by atoms with Crippen LogP contribution in [-0.4, -0.2) is 20.3 Å². The number of aryl methyl sites for hydroxylation is 1. The molecule has 0 saturated heterocycles. The Bertz CT molecular complexity index is 258. The third-order valence-corrected chi connectivity index (χ3v) is 2.13. The fourth-order valence-electron chi connectivity index (χ4n) is 1.42. The van der Waals surface area contributed by atoms with E-state index in [1.807, 2.05) is 25.1 Å². The molecule has 0 aliphatic rings. The SMILES string of the molecule is CCOCCCc1ccccc1OC. The molecular weight excluding hydrogens is 176 g/mol. The second-order valence-corrected chi connectivity index (χ2v) is 3.11. The van der Waals surface area contributed by atoms with Crippen molar-refractivity contribution in [2.45, 2.75) is 19.8 Å². The first-order chi connectivity index (χ1) is 6.88. The van der Waals surface area contributed by atoms with Crippen LogP contribution < -0.4 is 4.74 Å². The Kier molecular flexibility index (Phi) is 5.08. The van der Waals surface area contributed by atoms with Crippen LogP contribution >= 0.6 is 0 Å². The molecule has 2 nitrogen and oxygen atoms in total. The third-order valence-electron chi connectivity index (χ3n) is 2.13. The smallest absolute Gasteiger partial charge is 0.122 e. The van der Waals surface area contributed by atoms with E-state index in [1.165, 1.54) is 5.56 Å². The lowest BCUT2D eigenvalue weighted by atomic mass is 10.1. The monoisotopic (exact) mass is 194 g/mol. The van der Waals surface area contributed by atoms with E-state index in [1.54, 1.807) is 7.11 Å². The molecule has 0 unspecified atom stereocenters. The zero-order valence-electron chi connectivity index (χ0n) is 8.95. The Morgan fingerprint density at radius 1 is 1.21 bits per heavy atom. The van der Waals surface area contributed by atoms with E-state index in [-0.39, 0.29) is 0 Å². The van der Waals surface area contributed by atoms with Crippen molar-refractivity contribution in [1.29, 1.82) is 0 Å². The molecule has 0 heterocycles. The topological polar surface area (TPSA) is 18.5 Å². The van der Waals surface area contributed by atoms with Crippen LogP contribution in [0.25, 0.3) is 0 Å². The van der Waals surface area contributed by atoms with Crippen molar-refractivity contribution >= 4 is 0 Å². The van der Waals surface area contributed by atoms with Crippen LogP contribution in [0.1, 0.15) is 18.9 Å². The molecule has 14 heavy (non-hydrogen) atoms. The van der Waals surface area contributed by atoms with Gasteiger partial charge in [-0.15, -0.1) is 0 Å². The molecule has 0 saturated carbocycles. The molecule has 0 amide bonds. The highest BCUT2D eigenvalue weighted by Gasteiger charge is 2.00. The maximum Gasteiger partial charge on any atom is 0.122 e. The molecule has 0 aliphatic heterocycles. The molecule has 0 aliphatic carbocycles. The van der Waals surface area contributed by atoms with Gasteiger partial charge >= 0.3 is 0 Å². The Hall–Kier alpha value is -1.02. The average molecular weight is 194 g/mol. The Balaban J connectivity index is 2.41. The van der Waals surface area contributed by atoms with E-state index >= 15 is 0 Å². The predicted octanol–water partition coefficient (Wildman–Crippen LogP) is 2.66. The van der Waals surface area contributed by atoms with E-state index in [2.05, 4.69) is 6.07 Å². The molecule has 1 aromatic carbocycles. The van der Waals surface area contributed by atoms with Crippen LogP contribution in [0.4, 0.5) is 0 Å². The van der Waals surface area contributed by atoms with Gasteiger partial charge in [-0.05, 0) is 31.4 Å². The first-order valence-corrected chi connectivity index (χ1v) is 5.08. The second kappa shape index (κ2) is 6.44. The maximum absolute atomic E-state index is 5.29. The fraction of sp³-hybridized carbons (Fsp3) is 0.500. The Labute approximate surface area is 85.8 Å². The summed E-state index contributed by atoms with van der Waals surface area (Å²) in [5.41, 5.74) is 1.26. The van der Waals surface area contributed by atoms with E-state index in [9.17, 15) is 0 Å². The van der Waals surface area contributed by atoms with Crippen molar-refractivity contribution in [3.8, 4) is 5.75 Å². The lowest BCUT2D eigenvalue weighted by molar-refractivity contribution is 0.145. The lowest BCUT2D eigenvalue weighted by Gasteiger charge is -2.07. The van der Waals surface area contributed by atoms with E-state index < -0.39 is 0 Å². The highest BCUT2D eigenvalue weighted by molar-refractivity contribution is 5.33. The molecule has 0 aromatic heterocycles. The molecule has 78 valence electrons. The van der Waals surface area contributed by atoms with Gasteiger partial charge in [-0.2, -0.15) is 0 Å². The van der Waals surface area contributed by atoms with Crippen molar-refractivity contribution < 1.29 is 9.47 Å². The minimum atomic E-state index is 0.798. The summed E-state index contributed by atoms with van der Waals surface area (Å²) in [7, 11) is 1.71. The summed E-state index contributed by atoms with van der Waals surface area (Å²) >= 11 is 0. The van der Waals surface area contributed by atoms with Gasteiger partial charge in [0.1, 0.15) is 5.75 Å². The minimum Gasteiger partial charge on any atom is -0.496 e. The third kappa shape index (κ3) is 3.38. The first kappa shape index (κ1) is 11.1. The summed E-state index contributed by atoms with van der Waals surface area (Å²) in [5.74, 6) is 0.976. The van der Waals surface area contributed by atoms with Crippen LogP contribution in [0.3, 0.4) is 0 Å². The van der Waals surface area contributed by atoms with Crippen molar-refractivity contribution in [1.82, 2.24) is 0 Å². The number of hydrogen-bond donors (Lipinski definition) is 0. The van der Waals surface area contributed by atoms with Crippen molar-refractivity contribution in [2.75, 3.05) is 20.3 Å². The quantitative estimate of drug-likeness (QED) is 0.648. The minimum absolute atomic E-state index is 0.798. The zero-order valence-corrected chi connectivity index (χ0v) is 8.95. The van der Waals surface area contributed by atoms with E-state index in [0.717, 1.165) is 31.8 Å². The van der Waals surface area contributed by atoms with Crippen LogP contribution in [0.5, 0.6) is 5.75 Å². The van der Waals surface area contributed by atoms with E-state index in [4.69, 9.17) is 9.47 Å². The van der Waals surface area contributed by atoms with Gasteiger partial charge in [0.2, 0.25) is 0 Å².